The van der Waals surface area contributed by atoms with Crippen molar-refractivity contribution in [3.63, 3.8) is 0 Å². The van der Waals surface area contributed by atoms with Gasteiger partial charge in [0.25, 0.3) is 0 Å². The molecular formula is C11H17NO2. The van der Waals surface area contributed by atoms with Crippen molar-refractivity contribution in [2.45, 2.75) is 38.1 Å². The summed E-state index contributed by atoms with van der Waals surface area (Å²) < 4.78 is 0. The van der Waals surface area contributed by atoms with Gasteiger partial charge in [0.15, 0.2) is 0 Å². The van der Waals surface area contributed by atoms with Crippen LogP contribution in [0.4, 0.5) is 0 Å². The van der Waals surface area contributed by atoms with Crippen LogP contribution in [0.25, 0.3) is 0 Å². The normalized spacial score (nSPS) is 54.9. The number of hydrogen-bond acceptors (Lipinski definition) is 2. The molecule has 3 heteroatoms. The molecule has 14 heavy (non-hydrogen) atoms. The maximum Gasteiger partial charge on any atom is 0.309 e. The fraction of sp³-hybridized carbons (Fsp3) is 0.909. The van der Waals surface area contributed by atoms with Gasteiger partial charge in [0, 0.05) is 6.04 Å². The van der Waals surface area contributed by atoms with E-state index in [2.05, 4.69) is 0 Å². The van der Waals surface area contributed by atoms with Gasteiger partial charge in [-0.3, -0.25) is 4.79 Å². The van der Waals surface area contributed by atoms with E-state index in [4.69, 9.17) is 5.73 Å². The van der Waals surface area contributed by atoms with Crippen LogP contribution in [-0.4, -0.2) is 17.1 Å². The second kappa shape index (κ2) is 2.51. The zero-order valence-corrected chi connectivity index (χ0v) is 8.28. The Bertz CT molecular complexity index is 273. The van der Waals surface area contributed by atoms with Gasteiger partial charge in [0.2, 0.25) is 0 Å². The Balaban J connectivity index is 1.96. The van der Waals surface area contributed by atoms with Crippen molar-refractivity contribution in [3.05, 3.63) is 0 Å². The lowest BCUT2D eigenvalue weighted by Crippen LogP contribution is -2.58. The monoisotopic (exact) mass is 195 g/mol. The third-order valence-electron chi connectivity index (χ3n) is 4.80. The van der Waals surface area contributed by atoms with Crippen LogP contribution >= 0.6 is 0 Å². The SMILES string of the molecule is NC1[C@@H]2CC3C[C@H]1CC(C(=O)O)(C3)C2. The molecule has 0 aromatic carbocycles. The molecule has 3 unspecified atom stereocenters. The molecule has 4 bridgehead atoms. The van der Waals surface area contributed by atoms with E-state index < -0.39 is 5.97 Å². The maximum atomic E-state index is 11.3. The van der Waals surface area contributed by atoms with E-state index in [1.54, 1.807) is 0 Å². The van der Waals surface area contributed by atoms with Crippen LogP contribution < -0.4 is 5.73 Å². The second-order valence-corrected chi connectivity index (χ2v) is 5.63. The first-order chi connectivity index (χ1) is 6.61. The van der Waals surface area contributed by atoms with Crippen LogP contribution in [0, 0.1) is 23.2 Å². The third-order valence-corrected chi connectivity index (χ3v) is 4.80. The third kappa shape index (κ3) is 0.937. The predicted molar refractivity (Wildman–Crippen MR) is 51.6 cm³/mol. The molecule has 0 saturated heterocycles. The average Bonchev–Trinajstić information content (AvgIpc) is 2.12. The first kappa shape index (κ1) is 8.72. The Hall–Kier alpha value is -0.570. The van der Waals surface area contributed by atoms with Gasteiger partial charge < -0.3 is 10.8 Å². The largest absolute Gasteiger partial charge is 0.481 e. The number of rotatable bonds is 1. The molecule has 4 saturated carbocycles. The Kier molecular flexibility index (Phi) is 1.56. The van der Waals surface area contributed by atoms with E-state index in [0.717, 1.165) is 19.3 Å². The summed E-state index contributed by atoms with van der Waals surface area (Å²) in [5, 5.41) is 9.32. The Morgan fingerprint density at radius 2 is 1.79 bits per heavy atom. The van der Waals surface area contributed by atoms with Crippen molar-refractivity contribution >= 4 is 5.97 Å². The van der Waals surface area contributed by atoms with Gasteiger partial charge in [-0.15, -0.1) is 0 Å². The van der Waals surface area contributed by atoms with E-state index in [9.17, 15) is 9.90 Å². The molecule has 5 atom stereocenters. The van der Waals surface area contributed by atoms with E-state index in [-0.39, 0.29) is 5.41 Å². The molecule has 4 fully saturated rings. The zero-order chi connectivity index (χ0) is 9.92. The minimum absolute atomic E-state index is 0.291. The highest BCUT2D eigenvalue weighted by atomic mass is 16.4. The molecule has 0 amide bonds. The first-order valence-corrected chi connectivity index (χ1v) is 5.60. The van der Waals surface area contributed by atoms with Gasteiger partial charge in [0.05, 0.1) is 5.41 Å². The summed E-state index contributed by atoms with van der Waals surface area (Å²) in [5.41, 5.74) is 5.75. The minimum atomic E-state index is -0.566. The number of nitrogens with two attached hydrogens (primary N) is 1. The van der Waals surface area contributed by atoms with E-state index >= 15 is 0 Å². The molecule has 3 nitrogen and oxygen atoms in total. The molecule has 4 aliphatic rings. The van der Waals surface area contributed by atoms with Gasteiger partial charge >= 0.3 is 5.97 Å². The molecule has 0 radical (unpaired) electrons. The summed E-state index contributed by atoms with van der Waals surface area (Å²) in [5.74, 6) is 1.09. The number of carboxylic acid groups (broad SMARTS) is 1. The molecule has 0 spiro atoms. The lowest BCUT2D eigenvalue weighted by atomic mass is 9.48. The quantitative estimate of drug-likeness (QED) is 0.661. The summed E-state index contributed by atoms with van der Waals surface area (Å²) in [6.07, 6.45) is 4.98. The standard InChI is InChI=1S/C11H17NO2/c12-9-7-1-6-2-8(9)5-11(3-6,4-7)10(13)14/h6-9H,1-5,12H2,(H,13,14)/t6?,7-,8+,9?,11?. The number of carboxylic acids is 1. The van der Waals surface area contributed by atoms with Crippen molar-refractivity contribution in [1.82, 2.24) is 0 Å². The first-order valence-electron chi connectivity index (χ1n) is 5.60. The average molecular weight is 195 g/mol. The van der Waals surface area contributed by atoms with Gasteiger partial charge in [-0.1, -0.05) is 0 Å². The molecule has 3 N–H and O–H groups in total. The van der Waals surface area contributed by atoms with Crippen LogP contribution in [0.2, 0.25) is 0 Å². The van der Waals surface area contributed by atoms with Crippen LogP contribution in [0.3, 0.4) is 0 Å². The molecule has 4 rings (SSSR count). The van der Waals surface area contributed by atoms with Crippen LogP contribution in [0.5, 0.6) is 0 Å². The smallest absolute Gasteiger partial charge is 0.309 e. The van der Waals surface area contributed by atoms with Crippen LogP contribution in [-0.2, 0) is 4.79 Å². The number of hydrogen-bond donors (Lipinski definition) is 2. The van der Waals surface area contributed by atoms with Gasteiger partial charge in [0.1, 0.15) is 0 Å². The lowest BCUT2D eigenvalue weighted by molar-refractivity contribution is -0.166. The van der Waals surface area contributed by atoms with Crippen molar-refractivity contribution in [2.75, 3.05) is 0 Å². The lowest BCUT2D eigenvalue weighted by Gasteiger charge is -2.57. The summed E-state index contributed by atoms with van der Waals surface area (Å²) >= 11 is 0. The van der Waals surface area contributed by atoms with Crippen molar-refractivity contribution < 1.29 is 9.90 Å². The maximum absolute atomic E-state index is 11.3. The molecule has 0 aromatic heterocycles. The molecule has 0 aromatic rings. The Morgan fingerprint density at radius 3 is 2.29 bits per heavy atom. The van der Waals surface area contributed by atoms with Gasteiger partial charge in [-0.2, -0.15) is 0 Å². The second-order valence-electron chi connectivity index (χ2n) is 5.63. The molecule has 0 aliphatic heterocycles. The Morgan fingerprint density at radius 1 is 1.21 bits per heavy atom. The van der Waals surface area contributed by atoms with E-state index in [1.165, 1.54) is 12.8 Å². The van der Waals surface area contributed by atoms with Crippen molar-refractivity contribution in [1.29, 1.82) is 0 Å². The Labute approximate surface area is 83.7 Å². The fourth-order valence-corrected chi connectivity index (χ4v) is 4.33. The van der Waals surface area contributed by atoms with Crippen LogP contribution in [0.15, 0.2) is 0 Å². The summed E-state index contributed by atoms with van der Waals surface area (Å²) in [6, 6.07) is 0.291. The zero-order valence-electron chi connectivity index (χ0n) is 8.28. The van der Waals surface area contributed by atoms with Gasteiger partial charge in [-0.05, 0) is 49.9 Å². The topological polar surface area (TPSA) is 63.3 Å². The highest BCUT2D eigenvalue weighted by molar-refractivity contribution is 5.75. The molecular weight excluding hydrogens is 178 g/mol. The predicted octanol–water partition coefficient (Wildman–Crippen LogP) is 1.22. The highest BCUT2D eigenvalue weighted by Gasteiger charge is 2.57. The summed E-state index contributed by atoms with van der Waals surface area (Å²) in [7, 11) is 0. The summed E-state index contributed by atoms with van der Waals surface area (Å²) in [6.45, 7) is 0. The van der Waals surface area contributed by atoms with Crippen LogP contribution in [0.1, 0.15) is 32.1 Å². The number of carbonyl (C=O) groups is 1. The number of aliphatic carboxylic acids is 1. The fourth-order valence-electron chi connectivity index (χ4n) is 4.33. The molecule has 78 valence electrons. The van der Waals surface area contributed by atoms with E-state index in [1.807, 2.05) is 0 Å². The van der Waals surface area contributed by atoms with Crippen molar-refractivity contribution in [2.24, 2.45) is 28.9 Å². The molecule has 0 heterocycles. The van der Waals surface area contributed by atoms with Gasteiger partial charge in [-0.25, -0.2) is 0 Å². The summed E-state index contributed by atoms with van der Waals surface area (Å²) in [4.78, 5) is 11.3. The minimum Gasteiger partial charge on any atom is -0.481 e. The molecule has 4 aliphatic carbocycles. The van der Waals surface area contributed by atoms with E-state index in [0.29, 0.717) is 23.8 Å². The highest BCUT2D eigenvalue weighted by Crippen LogP contribution is 2.59. The van der Waals surface area contributed by atoms with Crippen molar-refractivity contribution in [3.8, 4) is 0 Å².